The molecule has 0 saturated carbocycles. The summed E-state index contributed by atoms with van der Waals surface area (Å²) < 4.78 is 41.6. The van der Waals surface area contributed by atoms with E-state index in [1.54, 1.807) is 0 Å². The average Bonchev–Trinajstić information content (AvgIpc) is 2.81. The van der Waals surface area contributed by atoms with Crippen LogP contribution in [0.1, 0.15) is 5.56 Å². The van der Waals surface area contributed by atoms with Crippen molar-refractivity contribution in [3.8, 4) is 22.8 Å². The van der Waals surface area contributed by atoms with Gasteiger partial charge in [0.25, 0.3) is 0 Å². The maximum absolute atomic E-state index is 12.3. The molecule has 3 aromatic rings. The van der Waals surface area contributed by atoms with Gasteiger partial charge in [-0.05, 0) is 36.1 Å². The maximum Gasteiger partial charge on any atom is 0.573 e. The van der Waals surface area contributed by atoms with E-state index in [2.05, 4.69) is 14.7 Å². The number of ether oxygens (including phenoxy) is 1. The lowest BCUT2D eigenvalue weighted by molar-refractivity contribution is -0.274. The van der Waals surface area contributed by atoms with Crippen LogP contribution >= 0.6 is 11.3 Å². The first-order chi connectivity index (χ1) is 10.3. The number of aryl methyl sites for hydroxylation is 1. The molecule has 114 valence electrons. The molecule has 0 unspecified atom stereocenters. The molecule has 0 bridgehead atoms. The number of aromatic hydroxyl groups is 1. The van der Waals surface area contributed by atoms with Crippen LogP contribution in [0.4, 0.5) is 13.2 Å². The van der Waals surface area contributed by atoms with Gasteiger partial charge < -0.3 is 9.84 Å². The predicted molar refractivity (Wildman–Crippen MR) is 75.9 cm³/mol. The zero-order chi connectivity index (χ0) is 15.9. The molecule has 0 aliphatic heterocycles. The third-order valence-corrected chi connectivity index (χ3v) is 4.08. The molecule has 2 heterocycles. The van der Waals surface area contributed by atoms with Gasteiger partial charge in [-0.1, -0.05) is 0 Å². The van der Waals surface area contributed by atoms with E-state index in [-0.39, 0.29) is 11.3 Å². The van der Waals surface area contributed by atoms with Crippen LogP contribution in [-0.4, -0.2) is 21.4 Å². The molecular formula is C14H9F3N2O2S. The fraction of sp³-hybridized carbons (Fsp3) is 0.143. The van der Waals surface area contributed by atoms with Crippen LogP contribution in [-0.2, 0) is 0 Å². The van der Waals surface area contributed by atoms with Gasteiger partial charge in [0, 0.05) is 5.56 Å². The minimum Gasteiger partial charge on any atom is -0.507 e. The maximum atomic E-state index is 12.3. The summed E-state index contributed by atoms with van der Waals surface area (Å²) >= 11 is 1.36. The lowest BCUT2D eigenvalue weighted by atomic mass is 10.1. The van der Waals surface area contributed by atoms with Crippen LogP contribution in [0.25, 0.3) is 21.5 Å². The van der Waals surface area contributed by atoms with Crippen LogP contribution < -0.4 is 4.74 Å². The molecule has 8 heteroatoms. The molecule has 1 aromatic carbocycles. The Bertz CT molecular complexity index is 846. The van der Waals surface area contributed by atoms with Crippen molar-refractivity contribution in [2.24, 2.45) is 0 Å². The highest BCUT2D eigenvalue weighted by Crippen LogP contribution is 2.38. The van der Waals surface area contributed by atoms with Crippen molar-refractivity contribution in [1.29, 1.82) is 0 Å². The number of rotatable bonds is 2. The van der Waals surface area contributed by atoms with Crippen LogP contribution in [0.2, 0.25) is 0 Å². The van der Waals surface area contributed by atoms with Gasteiger partial charge in [-0.2, -0.15) is 0 Å². The van der Waals surface area contributed by atoms with Gasteiger partial charge in [0.05, 0.1) is 15.9 Å². The van der Waals surface area contributed by atoms with E-state index in [4.69, 9.17) is 0 Å². The van der Waals surface area contributed by atoms with Crippen molar-refractivity contribution in [2.75, 3.05) is 0 Å². The van der Waals surface area contributed by atoms with E-state index in [9.17, 15) is 18.3 Å². The van der Waals surface area contributed by atoms with Gasteiger partial charge in [0.1, 0.15) is 17.8 Å². The zero-order valence-electron chi connectivity index (χ0n) is 11.2. The fourth-order valence-corrected chi connectivity index (χ4v) is 3.07. The summed E-state index contributed by atoms with van der Waals surface area (Å²) in [6, 6.07) is 3.30. The van der Waals surface area contributed by atoms with Gasteiger partial charge >= 0.3 is 6.36 Å². The summed E-state index contributed by atoms with van der Waals surface area (Å²) in [5.41, 5.74) is 2.17. The van der Waals surface area contributed by atoms with Crippen molar-refractivity contribution >= 4 is 21.6 Å². The molecule has 1 N–H and O–H groups in total. The average molecular weight is 326 g/mol. The molecule has 0 aliphatic rings. The topological polar surface area (TPSA) is 55.2 Å². The number of hydrogen-bond donors (Lipinski definition) is 1. The Morgan fingerprint density at radius 2 is 2.00 bits per heavy atom. The molecule has 2 aromatic heterocycles. The smallest absolute Gasteiger partial charge is 0.507 e. The van der Waals surface area contributed by atoms with Gasteiger partial charge in [0.2, 0.25) is 0 Å². The van der Waals surface area contributed by atoms with Crippen molar-refractivity contribution in [3.05, 3.63) is 35.5 Å². The molecule has 4 nitrogen and oxygen atoms in total. The Kier molecular flexibility index (Phi) is 3.40. The second-order valence-electron chi connectivity index (χ2n) is 4.55. The SMILES string of the molecule is Cc1csc2c(-c3cc(OC(F)(F)F)ccc3O)ncnc12. The summed E-state index contributed by atoms with van der Waals surface area (Å²) in [7, 11) is 0. The summed E-state index contributed by atoms with van der Waals surface area (Å²) in [6.07, 6.45) is -3.48. The molecular weight excluding hydrogens is 317 g/mol. The molecule has 0 aliphatic carbocycles. The molecule has 0 saturated heterocycles. The lowest BCUT2D eigenvalue weighted by Crippen LogP contribution is -2.17. The van der Waals surface area contributed by atoms with E-state index in [0.29, 0.717) is 15.9 Å². The Hall–Kier alpha value is -2.35. The summed E-state index contributed by atoms with van der Waals surface area (Å²) in [4.78, 5) is 8.24. The van der Waals surface area contributed by atoms with Gasteiger partial charge in [-0.15, -0.1) is 24.5 Å². The van der Waals surface area contributed by atoms with Gasteiger partial charge in [-0.25, -0.2) is 9.97 Å². The number of aromatic nitrogens is 2. The van der Waals surface area contributed by atoms with E-state index < -0.39 is 12.1 Å². The zero-order valence-corrected chi connectivity index (χ0v) is 12.0. The monoisotopic (exact) mass is 326 g/mol. The van der Waals surface area contributed by atoms with E-state index in [1.807, 2.05) is 12.3 Å². The van der Waals surface area contributed by atoms with Crippen molar-refractivity contribution < 1.29 is 23.0 Å². The van der Waals surface area contributed by atoms with Crippen molar-refractivity contribution in [1.82, 2.24) is 9.97 Å². The number of alkyl halides is 3. The largest absolute Gasteiger partial charge is 0.573 e. The number of thiophene rings is 1. The lowest BCUT2D eigenvalue weighted by Gasteiger charge is -2.11. The van der Waals surface area contributed by atoms with Crippen LogP contribution in [0, 0.1) is 6.92 Å². The first kappa shape index (κ1) is 14.6. The molecule has 3 rings (SSSR count). The van der Waals surface area contributed by atoms with Crippen molar-refractivity contribution in [2.45, 2.75) is 13.3 Å². The normalized spacial score (nSPS) is 11.8. The Morgan fingerprint density at radius 1 is 1.23 bits per heavy atom. The Labute approximate surface area is 126 Å². The predicted octanol–water partition coefficient (Wildman–Crippen LogP) is 4.27. The molecule has 0 amide bonds. The quantitative estimate of drug-likeness (QED) is 0.764. The highest BCUT2D eigenvalue weighted by Gasteiger charge is 2.31. The number of nitrogens with zero attached hydrogens (tertiary/aromatic N) is 2. The van der Waals surface area contributed by atoms with Crippen LogP contribution in [0.5, 0.6) is 11.5 Å². The second kappa shape index (κ2) is 5.13. The number of halogens is 3. The van der Waals surface area contributed by atoms with E-state index in [0.717, 1.165) is 23.8 Å². The van der Waals surface area contributed by atoms with E-state index in [1.165, 1.54) is 17.7 Å². The number of hydrogen-bond acceptors (Lipinski definition) is 5. The number of phenolic OH excluding ortho intramolecular Hbond substituents is 1. The third kappa shape index (κ3) is 2.69. The Morgan fingerprint density at radius 3 is 2.73 bits per heavy atom. The standard InChI is InChI=1S/C14H9F3N2O2S/c1-7-5-22-13-11(7)18-6-19-12(13)9-4-8(2-3-10(9)20)21-14(15,16)17/h2-6,20H,1H3. The molecule has 0 spiro atoms. The Balaban J connectivity index is 2.16. The fourth-order valence-electron chi connectivity index (χ4n) is 2.06. The minimum absolute atomic E-state index is 0.163. The number of fused-ring (bicyclic) bond motifs is 1. The third-order valence-electron chi connectivity index (χ3n) is 2.99. The highest BCUT2D eigenvalue weighted by atomic mass is 32.1. The highest BCUT2D eigenvalue weighted by molar-refractivity contribution is 7.17. The summed E-state index contributed by atoms with van der Waals surface area (Å²) in [5.74, 6) is -0.596. The first-order valence-electron chi connectivity index (χ1n) is 6.13. The molecule has 0 radical (unpaired) electrons. The molecule has 0 atom stereocenters. The minimum atomic E-state index is -4.80. The first-order valence-corrected chi connectivity index (χ1v) is 7.01. The summed E-state index contributed by atoms with van der Waals surface area (Å²) in [6.45, 7) is 1.87. The molecule has 0 fully saturated rings. The van der Waals surface area contributed by atoms with Crippen LogP contribution in [0.15, 0.2) is 29.9 Å². The number of phenols is 1. The van der Waals surface area contributed by atoms with Gasteiger partial charge in [-0.3, -0.25) is 0 Å². The summed E-state index contributed by atoms with van der Waals surface area (Å²) in [5, 5.41) is 11.8. The van der Waals surface area contributed by atoms with Crippen LogP contribution in [0.3, 0.4) is 0 Å². The number of benzene rings is 1. The molecule has 22 heavy (non-hydrogen) atoms. The second-order valence-corrected chi connectivity index (χ2v) is 5.43. The van der Waals surface area contributed by atoms with Crippen molar-refractivity contribution in [3.63, 3.8) is 0 Å². The van der Waals surface area contributed by atoms with E-state index >= 15 is 0 Å². The van der Waals surface area contributed by atoms with Gasteiger partial charge in [0.15, 0.2) is 0 Å².